The van der Waals surface area contributed by atoms with E-state index in [4.69, 9.17) is 16.6 Å². The number of carboxylic acid groups (broad SMARTS) is 2. The van der Waals surface area contributed by atoms with Gasteiger partial charge in [0, 0.05) is 12.1 Å². The van der Waals surface area contributed by atoms with Crippen molar-refractivity contribution < 1.29 is 19.8 Å². The predicted molar refractivity (Wildman–Crippen MR) is 98.3 cm³/mol. The van der Waals surface area contributed by atoms with Crippen molar-refractivity contribution in [1.82, 2.24) is 15.0 Å². The molecule has 0 aliphatic rings. The molecule has 0 unspecified atom stereocenters. The number of fused-ring (bicyclic) bond motifs is 1. The van der Waals surface area contributed by atoms with Gasteiger partial charge in [-0.05, 0) is 36.8 Å². The highest BCUT2D eigenvalue weighted by Crippen LogP contribution is 2.29. The third kappa shape index (κ3) is 3.34. The van der Waals surface area contributed by atoms with Crippen LogP contribution >= 0.6 is 0 Å². The predicted octanol–water partition coefficient (Wildman–Crippen LogP) is 1.47. The summed E-state index contributed by atoms with van der Waals surface area (Å²) in [6, 6.07) is 9.05. The van der Waals surface area contributed by atoms with Gasteiger partial charge >= 0.3 is 11.9 Å². The summed E-state index contributed by atoms with van der Waals surface area (Å²) in [6.07, 6.45) is 0.0640. The lowest BCUT2D eigenvalue weighted by Gasteiger charge is -2.25. The zero-order valence-corrected chi connectivity index (χ0v) is 14.4. The average molecular weight is 367 g/mol. The highest BCUT2D eigenvalue weighted by Gasteiger charge is 2.36. The first-order valence-electron chi connectivity index (χ1n) is 7.96. The molecular formula is C18H17N5O4. The molecule has 2 heterocycles. The van der Waals surface area contributed by atoms with Gasteiger partial charge in [0.05, 0.1) is 16.5 Å². The van der Waals surface area contributed by atoms with E-state index in [2.05, 4.69) is 15.0 Å². The highest BCUT2D eigenvalue weighted by molar-refractivity contribution is 5.88. The van der Waals surface area contributed by atoms with Crippen molar-refractivity contribution >= 4 is 34.7 Å². The van der Waals surface area contributed by atoms with Crippen molar-refractivity contribution in [2.75, 3.05) is 11.5 Å². The van der Waals surface area contributed by atoms with Gasteiger partial charge in [0.25, 0.3) is 0 Å². The number of anilines is 2. The van der Waals surface area contributed by atoms with Gasteiger partial charge in [0.2, 0.25) is 5.95 Å². The quantitative estimate of drug-likeness (QED) is 0.522. The Labute approximate surface area is 153 Å². The Hall–Kier alpha value is -3.75. The Morgan fingerprint density at radius 3 is 2.26 bits per heavy atom. The molecule has 0 spiro atoms. The molecule has 0 saturated heterocycles. The number of pyridine rings is 1. The maximum Gasteiger partial charge on any atom is 0.335 e. The minimum absolute atomic E-state index is 0.0310. The Kier molecular flexibility index (Phi) is 4.36. The van der Waals surface area contributed by atoms with E-state index >= 15 is 0 Å². The van der Waals surface area contributed by atoms with Gasteiger partial charge in [0.1, 0.15) is 5.52 Å². The Balaban J connectivity index is 2.02. The van der Waals surface area contributed by atoms with Gasteiger partial charge in [-0.1, -0.05) is 12.1 Å². The van der Waals surface area contributed by atoms with Gasteiger partial charge in [-0.25, -0.2) is 14.8 Å². The Morgan fingerprint density at radius 1 is 1.00 bits per heavy atom. The zero-order valence-electron chi connectivity index (χ0n) is 14.4. The fraction of sp³-hybridized carbons (Fsp3) is 0.167. The largest absolute Gasteiger partial charge is 0.481 e. The van der Waals surface area contributed by atoms with Gasteiger partial charge in [-0.2, -0.15) is 4.98 Å². The van der Waals surface area contributed by atoms with E-state index in [9.17, 15) is 14.7 Å². The summed E-state index contributed by atoms with van der Waals surface area (Å²) in [5, 5.41) is 18.8. The summed E-state index contributed by atoms with van der Waals surface area (Å²) < 4.78 is 0. The molecule has 9 heteroatoms. The smallest absolute Gasteiger partial charge is 0.335 e. The van der Waals surface area contributed by atoms with Crippen molar-refractivity contribution in [2.45, 2.75) is 18.8 Å². The van der Waals surface area contributed by atoms with Gasteiger partial charge < -0.3 is 21.7 Å². The van der Waals surface area contributed by atoms with E-state index in [-0.39, 0.29) is 23.8 Å². The van der Waals surface area contributed by atoms with Crippen LogP contribution in [-0.4, -0.2) is 37.1 Å². The van der Waals surface area contributed by atoms with Crippen LogP contribution < -0.4 is 11.5 Å². The third-order valence-corrected chi connectivity index (χ3v) is 4.42. The van der Waals surface area contributed by atoms with Crippen LogP contribution in [-0.2, 0) is 16.6 Å². The van der Waals surface area contributed by atoms with Gasteiger partial charge in [-0.15, -0.1) is 0 Å². The molecule has 9 nitrogen and oxygen atoms in total. The molecule has 6 N–H and O–H groups in total. The molecule has 2 aromatic heterocycles. The van der Waals surface area contributed by atoms with Crippen LogP contribution in [0.1, 0.15) is 28.5 Å². The summed E-state index contributed by atoms with van der Waals surface area (Å²) in [5.41, 5.74) is 11.9. The van der Waals surface area contributed by atoms with E-state index in [1.807, 2.05) is 0 Å². The SMILES string of the molecule is C[C@@](Cc1ccc2nc(N)nc(N)c2n1)(C(=O)O)c1ccc(C(=O)O)cc1. The summed E-state index contributed by atoms with van der Waals surface area (Å²) in [6.45, 7) is 1.56. The number of benzene rings is 1. The summed E-state index contributed by atoms with van der Waals surface area (Å²) >= 11 is 0. The van der Waals surface area contributed by atoms with Crippen LogP contribution in [0.2, 0.25) is 0 Å². The van der Waals surface area contributed by atoms with Crippen LogP contribution in [0.3, 0.4) is 0 Å². The molecular weight excluding hydrogens is 350 g/mol. The normalized spacial score (nSPS) is 13.2. The first kappa shape index (κ1) is 18.1. The first-order chi connectivity index (χ1) is 12.7. The minimum atomic E-state index is -1.32. The Morgan fingerprint density at radius 2 is 1.67 bits per heavy atom. The number of aliphatic carboxylic acids is 1. The molecule has 0 radical (unpaired) electrons. The van der Waals surface area contributed by atoms with E-state index in [1.165, 1.54) is 24.3 Å². The lowest BCUT2D eigenvalue weighted by molar-refractivity contribution is -0.143. The molecule has 0 aliphatic carbocycles. The van der Waals surface area contributed by atoms with Crippen LogP contribution in [0.5, 0.6) is 0 Å². The number of carboxylic acids is 2. The maximum absolute atomic E-state index is 12.0. The van der Waals surface area contributed by atoms with Crippen molar-refractivity contribution in [3.05, 3.63) is 53.2 Å². The zero-order chi connectivity index (χ0) is 19.8. The van der Waals surface area contributed by atoms with E-state index in [0.29, 0.717) is 22.3 Å². The molecule has 1 atom stereocenters. The fourth-order valence-corrected chi connectivity index (χ4v) is 2.84. The van der Waals surface area contributed by atoms with Crippen LogP contribution in [0.15, 0.2) is 36.4 Å². The standard InChI is InChI=1S/C18H17N5O4/c1-18(16(26)27,10-4-2-9(3-5-10)15(24)25)8-11-6-7-12-13(21-11)14(19)23-17(20)22-12/h2-7H,8H2,1H3,(H,24,25)(H,26,27)(H4,19,20,22,23)/t18-/m0/s1. The molecule has 0 bridgehead atoms. The second-order valence-electron chi connectivity index (χ2n) is 6.33. The van der Waals surface area contributed by atoms with Gasteiger partial charge in [-0.3, -0.25) is 4.79 Å². The molecule has 0 fully saturated rings. The van der Waals surface area contributed by atoms with Gasteiger partial charge in [0.15, 0.2) is 5.82 Å². The minimum Gasteiger partial charge on any atom is -0.481 e. The molecule has 3 aromatic rings. The number of aromatic carboxylic acids is 1. The topological polar surface area (TPSA) is 165 Å². The number of nitrogens with two attached hydrogens (primary N) is 2. The van der Waals surface area contributed by atoms with E-state index in [0.717, 1.165) is 0 Å². The lowest BCUT2D eigenvalue weighted by Crippen LogP contribution is -2.35. The summed E-state index contributed by atoms with van der Waals surface area (Å²) in [7, 11) is 0. The summed E-state index contributed by atoms with van der Waals surface area (Å²) in [5.74, 6) is -2.00. The number of carbonyl (C=O) groups is 2. The van der Waals surface area contributed by atoms with Crippen LogP contribution in [0.25, 0.3) is 11.0 Å². The number of rotatable bonds is 5. The average Bonchev–Trinajstić information content (AvgIpc) is 2.62. The fourth-order valence-electron chi connectivity index (χ4n) is 2.84. The molecule has 27 heavy (non-hydrogen) atoms. The molecule has 0 aliphatic heterocycles. The maximum atomic E-state index is 12.0. The molecule has 0 amide bonds. The monoisotopic (exact) mass is 367 g/mol. The second-order valence-corrected chi connectivity index (χ2v) is 6.33. The third-order valence-electron chi connectivity index (χ3n) is 4.42. The summed E-state index contributed by atoms with van der Waals surface area (Å²) in [4.78, 5) is 35.3. The molecule has 0 saturated carbocycles. The molecule has 3 rings (SSSR count). The van der Waals surface area contributed by atoms with Crippen LogP contribution in [0.4, 0.5) is 11.8 Å². The number of hydrogen-bond donors (Lipinski definition) is 4. The van der Waals surface area contributed by atoms with E-state index in [1.54, 1.807) is 19.1 Å². The number of aromatic nitrogens is 3. The van der Waals surface area contributed by atoms with Crippen LogP contribution in [0, 0.1) is 0 Å². The first-order valence-corrected chi connectivity index (χ1v) is 7.96. The number of nitrogens with zero attached hydrogens (tertiary/aromatic N) is 3. The highest BCUT2D eigenvalue weighted by atomic mass is 16.4. The molecule has 138 valence electrons. The van der Waals surface area contributed by atoms with Crippen molar-refractivity contribution in [3.8, 4) is 0 Å². The van der Waals surface area contributed by atoms with E-state index < -0.39 is 17.4 Å². The Bertz CT molecular complexity index is 1050. The van der Waals surface area contributed by atoms with Crippen molar-refractivity contribution in [2.24, 2.45) is 0 Å². The lowest BCUT2D eigenvalue weighted by atomic mass is 9.78. The van der Waals surface area contributed by atoms with Crippen molar-refractivity contribution in [1.29, 1.82) is 0 Å². The number of nitrogen functional groups attached to an aromatic ring is 2. The number of hydrogen-bond acceptors (Lipinski definition) is 7. The molecule has 1 aromatic carbocycles. The second kappa shape index (κ2) is 6.52. The van der Waals surface area contributed by atoms with Crippen molar-refractivity contribution in [3.63, 3.8) is 0 Å².